The van der Waals surface area contributed by atoms with Gasteiger partial charge in [-0.25, -0.2) is 0 Å². The maximum absolute atomic E-state index is 5.29. The maximum atomic E-state index is 5.29. The molecule has 0 bridgehead atoms. The van der Waals surface area contributed by atoms with E-state index in [0.29, 0.717) is 13.0 Å². The van der Waals surface area contributed by atoms with Crippen molar-refractivity contribution in [2.75, 3.05) is 6.61 Å². The van der Waals surface area contributed by atoms with Crippen molar-refractivity contribution >= 4 is 0 Å². The van der Waals surface area contributed by atoms with E-state index in [4.69, 9.17) is 11.2 Å². The number of hydrogen-bond acceptors (Lipinski definition) is 1. The van der Waals surface area contributed by atoms with Crippen LogP contribution in [0.2, 0.25) is 0 Å². The Balaban J connectivity index is 2.66. The fourth-order valence-electron chi connectivity index (χ4n) is 0.988. The van der Waals surface area contributed by atoms with Crippen molar-refractivity contribution < 1.29 is 4.74 Å². The summed E-state index contributed by atoms with van der Waals surface area (Å²) < 4.78 is 5.29. The number of hydrogen-bond donors (Lipinski definition) is 0. The molecular weight excluding hydrogens is 148 g/mol. The molecular formula is C11H12O. The third kappa shape index (κ3) is 2.32. The summed E-state index contributed by atoms with van der Waals surface area (Å²) >= 11 is 0. The summed E-state index contributed by atoms with van der Waals surface area (Å²) in [6, 6.07) is 7.86. The lowest BCUT2D eigenvalue weighted by atomic mass is 10.1. The Bertz CT molecular complexity index is 266. The molecule has 0 spiro atoms. The van der Waals surface area contributed by atoms with Crippen LogP contribution < -0.4 is 4.74 Å². The van der Waals surface area contributed by atoms with E-state index in [1.165, 1.54) is 0 Å². The first-order chi connectivity index (χ1) is 5.86. The Labute approximate surface area is 73.4 Å². The number of rotatable bonds is 3. The molecule has 0 radical (unpaired) electrons. The van der Waals surface area contributed by atoms with Gasteiger partial charge in [0, 0.05) is 6.42 Å². The minimum atomic E-state index is 0.687. The standard InChI is InChI=1S/C11H12O/c1-3-5-10-6-8-11(9-7-10)12-4-2/h1,6-9H,4-5H2,2H3. The molecule has 0 aliphatic heterocycles. The predicted octanol–water partition coefficient (Wildman–Crippen LogP) is 2.26. The molecule has 1 aromatic carbocycles. The Morgan fingerprint density at radius 3 is 2.50 bits per heavy atom. The average molecular weight is 160 g/mol. The fraction of sp³-hybridized carbons (Fsp3) is 0.273. The molecule has 0 saturated carbocycles. The largest absolute Gasteiger partial charge is 0.494 e. The van der Waals surface area contributed by atoms with Crippen molar-refractivity contribution in [3.8, 4) is 18.1 Å². The quantitative estimate of drug-likeness (QED) is 0.616. The van der Waals surface area contributed by atoms with Crippen molar-refractivity contribution in [2.24, 2.45) is 0 Å². The van der Waals surface area contributed by atoms with Gasteiger partial charge in [-0.3, -0.25) is 0 Å². The second-order valence-electron chi connectivity index (χ2n) is 2.46. The van der Waals surface area contributed by atoms with Crippen LogP contribution in [0.25, 0.3) is 0 Å². The van der Waals surface area contributed by atoms with Crippen LogP contribution in [0, 0.1) is 12.3 Å². The molecule has 0 aliphatic carbocycles. The number of ether oxygens (including phenoxy) is 1. The lowest BCUT2D eigenvalue weighted by molar-refractivity contribution is 0.340. The first kappa shape index (κ1) is 8.67. The molecule has 0 atom stereocenters. The summed E-state index contributed by atoms with van der Waals surface area (Å²) in [4.78, 5) is 0. The Kier molecular flexibility index (Phi) is 3.22. The van der Waals surface area contributed by atoms with Crippen LogP contribution in [0.1, 0.15) is 12.5 Å². The van der Waals surface area contributed by atoms with Crippen LogP contribution in [0.3, 0.4) is 0 Å². The summed E-state index contributed by atoms with van der Waals surface area (Å²) in [6.45, 7) is 2.67. The third-order valence-corrected chi connectivity index (χ3v) is 1.54. The molecule has 1 rings (SSSR count). The molecule has 0 amide bonds. The van der Waals surface area contributed by atoms with Crippen LogP contribution in [0.15, 0.2) is 24.3 Å². The zero-order valence-electron chi connectivity index (χ0n) is 7.21. The fourth-order valence-corrected chi connectivity index (χ4v) is 0.988. The van der Waals surface area contributed by atoms with E-state index in [1.54, 1.807) is 0 Å². The molecule has 0 aromatic heterocycles. The van der Waals surface area contributed by atoms with E-state index in [9.17, 15) is 0 Å². The molecule has 12 heavy (non-hydrogen) atoms. The lowest BCUT2D eigenvalue weighted by Crippen LogP contribution is -1.91. The van der Waals surface area contributed by atoms with Gasteiger partial charge < -0.3 is 4.74 Å². The van der Waals surface area contributed by atoms with Gasteiger partial charge in [0.25, 0.3) is 0 Å². The predicted molar refractivity (Wildman–Crippen MR) is 50.1 cm³/mol. The monoisotopic (exact) mass is 160 g/mol. The summed E-state index contributed by atoms with van der Waals surface area (Å²) in [7, 11) is 0. The first-order valence-electron chi connectivity index (χ1n) is 4.02. The molecule has 1 aromatic rings. The van der Waals surface area contributed by atoms with E-state index in [0.717, 1.165) is 11.3 Å². The highest BCUT2D eigenvalue weighted by atomic mass is 16.5. The smallest absolute Gasteiger partial charge is 0.119 e. The second kappa shape index (κ2) is 4.46. The summed E-state index contributed by atoms with van der Waals surface area (Å²) in [5.74, 6) is 3.50. The van der Waals surface area contributed by atoms with Crippen molar-refractivity contribution in [1.29, 1.82) is 0 Å². The molecule has 62 valence electrons. The van der Waals surface area contributed by atoms with Gasteiger partial charge in [0.05, 0.1) is 6.61 Å². The Hall–Kier alpha value is -1.42. The van der Waals surface area contributed by atoms with Crippen molar-refractivity contribution in [1.82, 2.24) is 0 Å². The summed E-state index contributed by atoms with van der Waals surface area (Å²) in [5, 5.41) is 0. The van der Waals surface area contributed by atoms with E-state index >= 15 is 0 Å². The van der Waals surface area contributed by atoms with Crippen LogP contribution in [-0.4, -0.2) is 6.61 Å². The molecule has 0 N–H and O–H groups in total. The second-order valence-corrected chi connectivity index (χ2v) is 2.46. The van der Waals surface area contributed by atoms with Gasteiger partial charge in [-0.05, 0) is 24.6 Å². The Morgan fingerprint density at radius 1 is 1.33 bits per heavy atom. The molecule has 0 aliphatic rings. The molecule has 0 fully saturated rings. The van der Waals surface area contributed by atoms with Gasteiger partial charge >= 0.3 is 0 Å². The normalized spacial score (nSPS) is 9.00. The van der Waals surface area contributed by atoms with Gasteiger partial charge in [-0.2, -0.15) is 0 Å². The zero-order chi connectivity index (χ0) is 8.81. The van der Waals surface area contributed by atoms with Gasteiger partial charge in [0.1, 0.15) is 5.75 Å². The molecule has 0 saturated heterocycles. The highest BCUT2D eigenvalue weighted by molar-refractivity contribution is 5.29. The third-order valence-electron chi connectivity index (χ3n) is 1.54. The minimum absolute atomic E-state index is 0.687. The molecule has 0 unspecified atom stereocenters. The van der Waals surface area contributed by atoms with Crippen molar-refractivity contribution in [2.45, 2.75) is 13.3 Å². The highest BCUT2D eigenvalue weighted by Gasteiger charge is 1.91. The van der Waals surface area contributed by atoms with Gasteiger partial charge in [0.15, 0.2) is 0 Å². The minimum Gasteiger partial charge on any atom is -0.494 e. The average Bonchev–Trinajstić information content (AvgIpc) is 2.09. The van der Waals surface area contributed by atoms with E-state index in [1.807, 2.05) is 31.2 Å². The number of benzene rings is 1. The van der Waals surface area contributed by atoms with E-state index in [2.05, 4.69) is 5.92 Å². The first-order valence-corrected chi connectivity index (χ1v) is 4.02. The van der Waals surface area contributed by atoms with E-state index < -0.39 is 0 Å². The zero-order valence-corrected chi connectivity index (χ0v) is 7.21. The van der Waals surface area contributed by atoms with Crippen molar-refractivity contribution in [3.63, 3.8) is 0 Å². The molecule has 1 nitrogen and oxygen atoms in total. The van der Waals surface area contributed by atoms with Crippen molar-refractivity contribution in [3.05, 3.63) is 29.8 Å². The summed E-state index contributed by atoms with van der Waals surface area (Å²) in [5.41, 5.74) is 1.15. The molecule has 1 heteroatoms. The SMILES string of the molecule is C#CCc1ccc(OCC)cc1. The van der Waals surface area contributed by atoms with Crippen LogP contribution >= 0.6 is 0 Å². The van der Waals surface area contributed by atoms with Gasteiger partial charge in [-0.1, -0.05) is 12.1 Å². The van der Waals surface area contributed by atoms with E-state index in [-0.39, 0.29) is 0 Å². The Morgan fingerprint density at radius 2 is 2.00 bits per heavy atom. The lowest BCUT2D eigenvalue weighted by Gasteiger charge is -2.02. The van der Waals surface area contributed by atoms with Crippen LogP contribution in [0.5, 0.6) is 5.75 Å². The number of terminal acetylenes is 1. The van der Waals surface area contributed by atoms with Crippen LogP contribution in [0.4, 0.5) is 0 Å². The highest BCUT2D eigenvalue weighted by Crippen LogP contribution is 2.11. The van der Waals surface area contributed by atoms with Gasteiger partial charge in [-0.15, -0.1) is 12.3 Å². The van der Waals surface area contributed by atoms with Gasteiger partial charge in [0.2, 0.25) is 0 Å². The maximum Gasteiger partial charge on any atom is 0.119 e. The topological polar surface area (TPSA) is 9.23 Å². The van der Waals surface area contributed by atoms with Crippen LogP contribution in [-0.2, 0) is 6.42 Å². The summed E-state index contributed by atoms with van der Waals surface area (Å²) in [6.07, 6.45) is 5.86. The molecule has 0 heterocycles.